The highest BCUT2D eigenvalue weighted by Gasteiger charge is 2.38. The van der Waals surface area contributed by atoms with Gasteiger partial charge >= 0.3 is 12.0 Å². The summed E-state index contributed by atoms with van der Waals surface area (Å²) in [7, 11) is 0. The van der Waals surface area contributed by atoms with E-state index in [0.717, 1.165) is 18.9 Å². The van der Waals surface area contributed by atoms with Gasteiger partial charge in [-0.1, -0.05) is 12.5 Å². The van der Waals surface area contributed by atoms with Crippen molar-refractivity contribution in [2.75, 3.05) is 18.4 Å². The lowest BCUT2D eigenvalue weighted by molar-refractivity contribution is 0.0693. The Morgan fingerprint density at radius 2 is 1.90 bits per heavy atom. The first-order valence-electron chi connectivity index (χ1n) is 7.14. The molecule has 1 saturated carbocycles. The topological polar surface area (TPSA) is 69.6 Å². The molecule has 6 heteroatoms. The van der Waals surface area contributed by atoms with Gasteiger partial charge in [-0.15, -0.1) is 0 Å². The molecule has 2 amide bonds. The van der Waals surface area contributed by atoms with E-state index in [9.17, 15) is 14.0 Å². The Morgan fingerprint density at radius 1 is 1.24 bits per heavy atom. The number of likely N-dealkylation sites (tertiary alicyclic amines) is 1. The van der Waals surface area contributed by atoms with Crippen molar-refractivity contribution < 1.29 is 19.1 Å². The van der Waals surface area contributed by atoms with E-state index in [-0.39, 0.29) is 11.7 Å². The van der Waals surface area contributed by atoms with E-state index in [1.807, 2.05) is 0 Å². The third-order valence-corrected chi connectivity index (χ3v) is 4.48. The van der Waals surface area contributed by atoms with Crippen molar-refractivity contribution in [3.63, 3.8) is 0 Å². The average Bonchev–Trinajstić information content (AvgIpc) is 2.98. The van der Waals surface area contributed by atoms with Crippen molar-refractivity contribution in [1.82, 2.24) is 4.90 Å². The molecule has 3 rings (SSSR count). The number of nitrogens with zero attached hydrogens (tertiary/aromatic N) is 1. The molecule has 2 atom stereocenters. The molecule has 1 aliphatic heterocycles. The normalized spacial score (nSPS) is 24.0. The van der Waals surface area contributed by atoms with Crippen LogP contribution in [0.25, 0.3) is 0 Å². The average molecular weight is 292 g/mol. The molecule has 0 bridgehead atoms. The smallest absolute Gasteiger partial charge is 0.340 e. The van der Waals surface area contributed by atoms with Gasteiger partial charge in [0, 0.05) is 13.1 Å². The molecule has 1 aromatic rings. The quantitative estimate of drug-likeness (QED) is 0.880. The molecule has 1 aliphatic carbocycles. The standard InChI is InChI=1S/C15H17FN2O3/c16-11-5-2-6-12(13(11)14(19)20)17-15(21)18-7-9-3-1-4-10(9)8-18/h2,5-6,9-10H,1,3-4,7-8H2,(H,17,21)(H,19,20). The van der Waals surface area contributed by atoms with E-state index in [1.54, 1.807) is 4.90 Å². The molecular weight excluding hydrogens is 275 g/mol. The predicted octanol–water partition coefficient (Wildman–Crippen LogP) is 2.79. The first-order chi connectivity index (χ1) is 10.1. The molecule has 1 saturated heterocycles. The highest BCUT2D eigenvalue weighted by atomic mass is 19.1. The number of fused-ring (bicyclic) bond motifs is 1. The number of aromatic carboxylic acids is 1. The van der Waals surface area contributed by atoms with Crippen LogP contribution in [-0.4, -0.2) is 35.1 Å². The van der Waals surface area contributed by atoms with Crippen LogP contribution in [0, 0.1) is 17.7 Å². The lowest BCUT2D eigenvalue weighted by atomic mass is 10.0. The number of rotatable bonds is 2. The van der Waals surface area contributed by atoms with Gasteiger partial charge in [0.05, 0.1) is 5.69 Å². The maximum atomic E-state index is 13.6. The van der Waals surface area contributed by atoms with Crippen molar-refractivity contribution in [1.29, 1.82) is 0 Å². The van der Waals surface area contributed by atoms with E-state index in [1.165, 1.54) is 18.6 Å². The zero-order chi connectivity index (χ0) is 15.0. The maximum Gasteiger partial charge on any atom is 0.340 e. The number of carboxylic acids is 1. The van der Waals surface area contributed by atoms with Crippen LogP contribution in [0.4, 0.5) is 14.9 Å². The van der Waals surface area contributed by atoms with Gasteiger partial charge in [-0.05, 0) is 36.8 Å². The molecule has 2 N–H and O–H groups in total. The first-order valence-corrected chi connectivity index (χ1v) is 7.14. The van der Waals surface area contributed by atoms with Gasteiger partial charge in [0.2, 0.25) is 0 Å². The minimum absolute atomic E-state index is 0.00422. The van der Waals surface area contributed by atoms with Crippen LogP contribution in [-0.2, 0) is 0 Å². The lowest BCUT2D eigenvalue weighted by Gasteiger charge is -2.19. The lowest BCUT2D eigenvalue weighted by Crippen LogP contribution is -2.34. The van der Waals surface area contributed by atoms with Crippen molar-refractivity contribution in [2.24, 2.45) is 11.8 Å². The molecule has 5 nitrogen and oxygen atoms in total. The summed E-state index contributed by atoms with van der Waals surface area (Å²) in [6, 6.07) is 3.51. The van der Waals surface area contributed by atoms with Crippen LogP contribution in [0.1, 0.15) is 29.6 Å². The summed E-state index contributed by atoms with van der Waals surface area (Å²) in [6.45, 7) is 1.41. The Labute approximate surface area is 121 Å². The van der Waals surface area contributed by atoms with Gasteiger partial charge in [-0.25, -0.2) is 14.0 Å². The number of halogens is 1. The monoisotopic (exact) mass is 292 g/mol. The fourth-order valence-electron chi connectivity index (χ4n) is 3.44. The van der Waals surface area contributed by atoms with Crippen LogP contribution in [0.2, 0.25) is 0 Å². The van der Waals surface area contributed by atoms with Crippen molar-refractivity contribution >= 4 is 17.7 Å². The van der Waals surface area contributed by atoms with Gasteiger partial charge in [-0.3, -0.25) is 0 Å². The van der Waals surface area contributed by atoms with Crippen LogP contribution >= 0.6 is 0 Å². The van der Waals surface area contributed by atoms with E-state index < -0.39 is 17.3 Å². The highest BCUT2D eigenvalue weighted by molar-refractivity contribution is 6.00. The Kier molecular flexibility index (Phi) is 3.53. The number of benzene rings is 1. The summed E-state index contributed by atoms with van der Waals surface area (Å²) in [4.78, 5) is 25.0. The summed E-state index contributed by atoms with van der Waals surface area (Å²) >= 11 is 0. The Bertz CT molecular complexity index is 578. The van der Waals surface area contributed by atoms with Gasteiger partial charge in [0.15, 0.2) is 0 Å². The molecule has 2 unspecified atom stereocenters. The number of carboxylic acid groups (broad SMARTS) is 1. The second kappa shape index (κ2) is 5.35. The minimum Gasteiger partial charge on any atom is -0.478 e. The number of hydrogen-bond acceptors (Lipinski definition) is 2. The molecular formula is C15H17FN2O3. The van der Waals surface area contributed by atoms with Crippen molar-refractivity contribution in [3.05, 3.63) is 29.6 Å². The molecule has 112 valence electrons. The molecule has 2 aliphatic rings. The maximum absolute atomic E-state index is 13.6. The zero-order valence-corrected chi connectivity index (χ0v) is 11.5. The van der Waals surface area contributed by atoms with Crippen LogP contribution in [0.5, 0.6) is 0 Å². The van der Waals surface area contributed by atoms with E-state index >= 15 is 0 Å². The van der Waals surface area contributed by atoms with Gasteiger partial charge in [0.1, 0.15) is 11.4 Å². The van der Waals surface area contributed by atoms with Gasteiger partial charge in [0.25, 0.3) is 0 Å². The molecule has 1 heterocycles. The van der Waals surface area contributed by atoms with Crippen molar-refractivity contribution in [3.8, 4) is 0 Å². The summed E-state index contributed by atoms with van der Waals surface area (Å²) in [5.74, 6) is -1.12. The number of hydrogen-bond donors (Lipinski definition) is 2. The largest absolute Gasteiger partial charge is 0.478 e. The third kappa shape index (κ3) is 2.57. The van der Waals surface area contributed by atoms with E-state index in [2.05, 4.69) is 5.32 Å². The third-order valence-electron chi connectivity index (χ3n) is 4.48. The first kappa shape index (κ1) is 13.9. The Balaban J connectivity index is 1.74. The van der Waals surface area contributed by atoms with E-state index in [0.29, 0.717) is 24.9 Å². The summed E-state index contributed by atoms with van der Waals surface area (Å²) in [5.41, 5.74) is -0.491. The fourth-order valence-corrected chi connectivity index (χ4v) is 3.44. The molecule has 1 aromatic carbocycles. The Hall–Kier alpha value is -2.11. The zero-order valence-electron chi connectivity index (χ0n) is 11.5. The summed E-state index contributed by atoms with van der Waals surface area (Å²) < 4.78 is 13.6. The SMILES string of the molecule is O=C(O)c1c(F)cccc1NC(=O)N1CC2CCCC2C1. The minimum atomic E-state index is -1.39. The fraction of sp³-hybridized carbons (Fsp3) is 0.467. The highest BCUT2D eigenvalue weighted by Crippen LogP contribution is 2.37. The van der Waals surface area contributed by atoms with E-state index in [4.69, 9.17) is 5.11 Å². The molecule has 0 aromatic heterocycles. The molecule has 21 heavy (non-hydrogen) atoms. The summed E-state index contributed by atoms with van der Waals surface area (Å²) in [5, 5.41) is 11.6. The second-order valence-electron chi connectivity index (χ2n) is 5.75. The molecule has 2 fully saturated rings. The molecule has 0 radical (unpaired) electrons. The number of carbonyl (C=O) groups excluding carboxylic acids is 1. The number of carbonyl (C=O) groups is 2. The van der Waals surface area contributed by atoms with Crippen molar-refractivity contribution in [2.45, 2.75) is 19.3 Å². The number of anilines is 1. The van der Waals surface area contributed by atoms with Crippen LogP contribution < -0.4 is 5.32 Å². The van der Waals surface area contributed by atoms with Crippen LogP contribution in [0.15, 0.2) is 18.2 Å². The van der Waals surface area contributed by atoms with Gasteiger partial charge < -0.3 is 15.3 Å². The number of urea groups is 1. The summed E-state index contributed by atoms with van der Waals surface area (Å²) in [6.07, 6.45) is 3.52. The molecule has 0 spiro atoms. The van der Waals surface area contributed by atoms with Gasteiger partial charge in [-0.2, -0.15) is 0 Å². The predicted molar refractivity (Wildman–Crippen MR) is 74.8 cm³/mol. The second-order valence-corrected chi connectivity index (χ2v) is 5.75. The number of amides is 2. The van der Waals surface area contributed by atoms with Crippen LogP contribution in [0.3, 0.4) is 0 Å². The Morgan fingerprint density at radius 3 is 2.52 bits per heavy atom. The number of nitrogens with one attached hydrogen (secondary N) is 1.